The lowest BCUT2D eigenvalue weighted by Crippen LogP contribution is -2.65. The van der Waals surface area contributed by atoms with Crippen LogP contribution in [0.25, 0.3) is 0 Å². The second kappa shape index (κ2) is 41.4. The van der Waals surface area contributed by atoms with Crippen LogP contribution < -0.4 is 5.32 Å². The van der Waals surface area contributed by atoms with Crippen LogP contribution in [0, 0.1) is 0 Å². The van der Waals surface area contributed by atoms with Gasteiger partial charge in [0.2, 0.25) is 5.91 Å². The fourth-order valence-electron chi connectivity index (χ4n) is 7.93. The minimum Gasteiger partial charge on any atom is -0.394 e. The molecule has 2 fully saturated rings. The zero-order chi connectivity index (χ0) is 51.0. The van der Waals surface area contributed by atoms with Crippen LogP contribution in [0.1, 0.15) is 155 Å². The van der Waals surface area contributed by atoms with Crippen molar-refractivity contribution in [1.82, 2.24) is 5.32 Å². The van der Waals surface area contributed by atoms with E-state index in [9.17, 15) is 45.6 Å². The van der Waals surface area contributed by atoms with Crippen molar-refractivity contribution in [2.75, 3.05) is 19.8 Å². The summed E-state index contributed by atoms with van der Waals surface area (Å²) >= 11 is 0. The summed E-state index contributed by atoms with van der Waals surface area (Å²) < 4.78 is 22.7. The van der Waals surface area contributed by atoms with Gasteiger partial charge in [-0.3, -0.25) is 4.79 Å². The summed E-state index contributed by atoms with van der Waals surface area (Å²) in [6.45, 7) is 2.59. The number of carbonyl (C=O) groups is 1. The molecule has 2 rings (SSSR count). The molecule has 0 aliphatic carbocycles. The number of ether oxygens (including phenoxy) is 4. The summed E-state index contributed by atoms with van der Waals surface area (Å²) in [4.78, 5) is 13.2. The molecule has 0 aromatic carbocycles. The van der Waals surface area contributed by atoms with Crippen LogP contribution in [0.2, 0.25) is 0 Å². The average molecular weight is 988 g/mol. The fraction of sp³-hybridized carbons (Fsp3) is 0.696. The standard InChI is InChI=1S/C56H93NO13/c1-3-5-7-9-11-13-15-17-19-21-22-24-26-28-30-32-34-36-38-40-48(61)57-44(45(60)39-37-35-33-31-29-27-25-23-20-18-16-14-12-10-8-6-4-2)43-67-55-53(66)51(64)54(47(42-59)69-55)70-56-52(65)50(63)49(62)46(41-58)68-56/h5,7,11,13,17,19-20,22-24,28-31,37,39,44-47,49-56,58-60,62-66H,3-4,6,8-10,12,14-16,18,21,25-27,32-36,38,40-43H2,1-2H3,(H,57,61)/b7-5-,13-11-,19-17-,23-20+,24-22-,30-28-,31-29+,39-37+. The van der Waals surface area contributed by atoms with Crippen LogP contribution in [0.15, 0.2) is 97.2 Å². The molecular formula is C56H93NO13. The molecule has 0 bridgehead atoms. The van der Waals surface area contributed by atoms with E-state index in [0.29, 0.717) is 12.8 Å². The Morgan fingerprint density at radius 3 is 1.57 bits per heavy atom. The van der Waals surface area contributed by atoms with Crippen molar-refractivity contribution < 1.29 is 64.6 Å². The summed E-state index contributed by atoms with van der Waals surface area (Å²) in [6, 6.07) is -0.961. The summed E-state index contributed by atoms with van der Waals surface area (Å²) in [5.74, 6) is -0.290. The molecule has 70 heavy (non-hydrogen) atoms. The maximum absolute atomic E-state index is 13.2. The molecule has 0 aromatic rings. The van der Waals surface area contributed by atoms with Crippen molar-refractivity contribution in [3.63, 3.8) is 0 Å². The highest BCUT2D eigenvalue weighted by Gasteiger charge is 2.51. The Bertz CT molecular complexity index is 1540. The number of unbranched alkanes of at least 4 members (excludes halogenated alkanes) is 12. The van der Waals surface area contributed by atoms with E-state index in [4.69, 9.17) is 18.9 Å². The number of allylic oxidation sites excluding steroid dienone is 15. The van der Waals surface area contributed by atoms with E-state index in [1.807, 2.05) is 6.08 Å². The Morgan fingerprint density at radius 1 is 0.529 bits per heavy atom. The molecule has 400 valence electrons. The van der Waals surface area contributed by atoms with Gasteiger partial charge in [-0.05, 0) is 89.9 Å². The predicted octanol–water partition coefficient (Wildman–Crippen LogP) is 7.54. The van der Waals surface area contributed by atoms with Crippen molar-refractivity contribution >= 4 is 5.91 Å². The Kier molecular flexibility index (Phi) is 37.3. The maximum atomic E-state index is 13.2. The van der Waals surface area contributed by atoms with Gasteiger partial charge in [0.15, 0.2) is 12.6 Å². The first kappa shape index (κ1) is 63.0. The Morgan fingerprint density at radius 2 is 1.00 bits per heavy atom. The van der Waals surface area contributed by atoms with Crippen LogP contribution in [-0.4, -0.2) is 140 Å². The van der Waals surface area contributed by atoms with Crippen LogP contribution in [0.3, 0.4) is 0 Å². The molecule has 0 aromatic heterocycles. The quantitative estimate of drug-likeness (QED) is 0.0215. The van der Waals surface area contributed by atoms with Crippen LogP contribution >= 0.6 is 0 Å². The molecule has 2 saturated heterocycles. The van der Waals surface area contributed by atoms with Gasteiger partial charge in [-0.2, -0.15) is 0 Å². The van der Waals surface area contributed by atoms with E-state index in [-0.39, 0.29) is 18.9 Å². The van der Waals surface area contributed by atoms with Gasteiger partial charge in [-0.25, -0.2) is 0 Å². The molecule has 9 N–H and O–H groups in total. The maximum Gasteiger partial charge on any atom is 0.220 e. The lowest BCUT2D eigenvalue weighted by atomic mass is 9.97. The van der Waals surface area contributed by atoms with E-state index < -0.39 is 86.8 Å². The summed E-state index contributed by atoms with van der Waals surface area (Å²) in [6.07, 6.45) is 38.7. The average Bonchev–Trinajstić information content (AvgIpc) is 3.36. The molecule has 14 heteroatoms. The minimum atomic E-state index is -1.80. The smallest absolute Gasteiger partial charge is 0.220 e. The van der Waals surface area contributed by atoms with Crippen molar-refractivity contribution in [3.05, 3.63) is 97.2 Å². The third-order valence-corrected chi connectivity index (χ3v) is 12.2. The van der Waals surface area contributed by atoms with Gasteiger partial charge >= 0.3 is 0 Å². The Balaban J connectivity index is 1.88. The number of hydrogen-bond acceptors (Lipinski definition) is 13. The number of rotatable bonds is 39. The Labute approximate surface area is 420 Å². The van der Waals surface area contributed by atoms with Crippen LogP contribution in [-0.2, 0) is 23.7 Å². The van der Waals surface area contributed by atoms with Gasteiger partial charge in [-0.1, -0.05) is 156 Å². The van der Waals surface area contributed by atoms with Gasteiger partial charge < -0.3 is 65.1 Å². The topological polar surface area (TPSA) is 228 Å². The highest BCUT2D eigenvalue weighted by molar-refractivity contribution is 5.76. The SMILES string of the molecule is CC/C=C\C/C=C\C/C=C\C/C=C\C/C=C\CCCCCC(=O)NC(COC1OC(CO)C(OC2OC(CO)C(O)C(O)C2O)C(O)C1O)C(O)/C=C/CC/C=C/CC/C=C/CCCCCCCCC. The monoisotopic (exact) mass is 988 g/mol. The zero-order valence-electron chi connectivity index (χ0n) is 42.5. The molecule has 2 aliphatic rings. The highest BCUT2D eigenvalue weighted by Crippen LogP contribution is 2.30. The molecule has 14 nitrogen and oxygen atoms in total. The molecule has 0 radical (unpaired) electrons. The van der Waals surface area contributed by atoms with Crippen molar-refractivity contribution in [3.8, 4) is 0 Å². The van der Waals surface area contributed by atoms with Crippen molar-refractivity contribution in [2.45, 2.75) is 229 Å². The highest BCUT2D eigenvalue weighted by atomic mass is 16.7. The first-order chi connectivity index (χ1) is 34.1. The molecule has 2 heterocycles. The van der Waals surface area contributed by atoms with E-state index in [1.165, 1.54) is 44.9 Å². The summed E-state index contributed by atoms with van der Waals surface area (Å²) in [5.41, 5.74) is 0. The van der Waals surface area contributed by atoms with Crippen molar-refractivity contribution in [2.24, 2.45) is 0 Å². The van der Waals surface area contributed by atoms with E-state index in [0.717, 1.165) is 77.0 Å². The number of carbonyl (C=O) groups excluding carboxylic acids is 1. The van der Waals surface area contributed by atoms with Crippen LogP contribution in [0.5, 0.6) is 0 Å². The number of hydrogen-bond donors (Lipinski definition) is 9. The number of aliphatic hydroxyl groups excluding tert-OH is 8. The van der Waals surface area contributed by atoms with Gasteiger partial charge in [0.05, 0.1) is 32.0 Å². The first-order valence-corrected chi connectivity index (χ1v) is 26.5. The number of amides is 1. The number of aliphatic hydroxyl groups is 8. The van der Waals surface area contributed by atoms with E-state index in [1.54, 1.807) is 6.08 Å². The molecule has 0 spiro atoms. The Hall–Kier alpha value is -3.09. The molecule has 12 unspecified atom stereocenters. The van der Waals surface area contributed by atoms with Gasteiger partial charge in [0.1, 0.15) is 48.8 Å². The largest absolute Gasteiger partial charge is 0.394 e. The normalized spacial score (nSPS) is 26.8. The second-order valence-electron chi connectivity index (χ2n) is 18.2. The van der Waals surface area contributed by atoms with Crippen LogP contribution in [0.4, 0.5) is 0 Å². The molecule has 12 atom stereocenters. The summed E-state index contributed by atoms with van der Waals surface area (Å²) in [5, 5.41) is 86.8. The number of nitrogens with one attached hydrogen (secondary N) is 1. The van der Waals surface area contributed by atoms with E-state index >= 15 is 0 Å². The zero-order valence-corrected chi connectivity index (χ0v) is 42.5. The van der Waals surface area contributed by atoms with Gasteiger partial charge in [0, 0.05) is 6.42 Å². The molecule has 1 amide bonds. The third kappa shape index (κ3) is 27.7. The van der Waals surface area contributed by atoms with E-state index in [2.05, 4.69) is 104 Å². The molecule has 0 saturated carbocycles. The fourth-order valence-corrected chi connectivity index (χ4v) is 7.93. The first-order valence-electron chi connectivity index (χ1n) is 26.5. The minimum absolute atomic E-state index is 0.225. The molecule has 2 aliphatic heterocycles. The third-order valence-electron chi connectivity index (χ3n) is 12.2. The lowest BCUT2D eigenvalue weighted by Gasteiger charge is -2.46. The van der Waals surface area contributed by atoms with Crippen molar-refractivity contribution in [1.29, 1.82) is 0 Å². The lowest BCUT2D eigenvalue weighted by molar-refractivity contribution is -0.359. The second-order valence-corrected chi connectivity index (χ2v) is 18.2. The predicted molar refractivity (Wildman–Crippen MR) is 276 cm³/mol. The molecular weight excluding hydrogens is 895 g/mol. The van der Waals surface area contributed by atoms with Gasteiger partial charge in [-0.15, -0.1) is 0 Å². The van der Waals surface area contributed by atoms with Gasteiger partial charge in [0.25, 0.3) is 0 Å². The summed E-state index contributed by atoms with van der Waals surface area (Å²) in [7, 11) is 0.